The summed E-state index contributed by atoms with van der Waals surface area (Å²) in [6.45, 7) is 4.76. The Morgan fingerprint density at radius 1 is 1.29 bits per heavy atom. The highest BCUT2D eigenvalue weighted by atomic mass is 79.9. The topological polar surface area (TPSA) is 66.4 Å². The van der Waals surface area contributed by atoms with Crippen molar-refractivity contribution in [1.82, 2.24) is 5.32 Å². The van der Waals surface area contributed by atoms with Gasteiger partial charge < -0.3 is 5.32 Å². The summed E-state index contributed by atoms with van der Waals surface area (Å²) in [6.07, 6.45) is 4.53. The van der Waals surface area contributed by atoms with E-state index in [0.29, 0.717) is 18.9 Å². The van der Waals surface area contributed by atoms with Gasteiger partial charge in [0.1, 0.15) is 0 Å². The molecule has 1 atom stereocenters. The maximum absolute atomic E-state index is 10.7. The summed E-state index contributed by atoms with van der Waals surface area (Å²) in [5.74, 6) is 0.184. The normalized spacial score (nSPS) is 14.0. The van der Waals surface area contributed by atoms with Crippen molar-refractivity contribution >= 4 is 32.1 Å². The van der Waals surface area contributed by atoms with Gasteiger partial charge in [0.25, 0.3) is 10.1 Å². The fraction of sp³-hybridized carbons (Fsp3) is 0.467. The van der Waals surface area contributed by atoms with E-state index in [-0.39, 0.29) is 11.8 Å². The molecule has 0 aliphatic heterocycles. The molecule has 0 amide bonds. The molecule has 1 aromatic carbocycles. The summed E-state index contributed by atoms with van der Waals surface area (Å²) in [7, 11) is -3.86. The Morgan fingerprint density at radius 2 is 1.90 bits per heavy atom. The number of rotatable bonds is 8. The Balaban J connectivity index is 2.51. The number of hydrogen-bond acceptors (Lipinski definition) is 3. The predicted octanol–water partition coefficient (Wildman–Crippen LogP) is 3.35. The highest BCUT2D eigenvalue weighted by Crippen LogP contribution is 2.13. The zero-order valence-corrected chi connectivity index (χ0v) is 14.7. The van der Waals surface area contributed by atoms with Crippen LogP contribution < -0.4 is 5.32 Å². The molecule has 6 heteroatoms. The van der Waals surface area contributed by atoms with Crippen molar-refractivity contribution in [2.24, 2.45) is 5.92 Å². The second-order valence-electron chi connectivity index (χ2n) is 5.27. The van der Waals surface area contributed by atoms with Gasteiger partial charge in [-0.25, -0.2) is 0 Å². The monoisotopic (exact) mass is 375 g/mol. The maximum atomic E-state index is 10.7. The van der Waals surface area contributed by atoms with E-state index >= 15 is 0 Å². The Bertz CT molecular complexity index is 553. The van der Waals surface area contributed by atoms with E-state index in [1.54, 1.807) is 0 Å². The lowest BCUT2D eigenvalue weighted by molar-refractivity contribution is 0.456. The SMILES string of the molecule is CC(C)[C@H](C=Cc1ccc(Br)cc1)NCCCS(=O)(=O)O. The van der Waals surface area contributed by atoms with Gasteiger partial charge in [-0.15, -0.1) is 0 Å². The van der Waals surface area contributed by atoms with Crippen LogP contribution in [0.2, 0.25) is 0 Å². The second-order valence-corrected chi connectivity index (χ2v) is 7.76. The standard InChI is InChI=1S/C15H22BrNO3S/c1-12(2)15(17-10-3-11-21(18,19)20)9-6-13-4-7-14(16)8-5-13/h4-9,12,15,17H,3,10-11H2,1-2H3,(H,18,19,20)/t15-/m0/s1. The molecule has 0 bridgehead atoms. The van der Waals surface area contributed by atoms with Crippen LogP contribution in [0.5, 0.6) is 0 Å². The molecule has 0 aromatic heterocycles. The Hall–Kier alpha value is -0.690. The minimum Gasteiger partial charge on any atom is -0.310 e. The molecule has 0 unspecified atom stereocenters. The fourth-order valence-corrected chi connectivity index (χ4v) is 2.61. The van der Waals surface area contributed by atoms with Crippen LogP contribution in [0.3, 0.4) is 0 Å². The summed E-state index contributed by atoms with van der Waals surface area (Å²) in [4.78, 5) is 0. The molecule has 21 heavy (non-hydrogen) atoms. The lowest BCUT2D eigenvalue weighted by Gasteiger charge is -2.18. The molecule has 0 radical (unpaired) electrons. The van der Waals surface area contributed by atoms with Gasteiger partial charge in [0.15, 0.2) is 0 Å². The molecule has 1 rings (SSSR count). The van der Waals surface area contributed by atoms with Crippen LogP contribution in [-0.4, -0.2) is 31.3 Å². The number of benzene rings is 1. The van der Waals surface area contributed by atoms with Gasteiger partial charge in [-0.3, -0.25) is 4.55 Å². The minimum absolute atomic E-state index is 0.162. The molecular weight excluding hydrogens is 354 g/mol. The lowest BCUT2D eigenvalue weighted by Crippen LogP contribution is -2.33. The van der Waals surface area contributed by atoms with Crippen LogP contribution in [0.25, 0.3) is 6.08 Å². The Kier molecular flexibility index (Phi) is 7.59. The lowest BCUT2D eigenvalue weighted by atomic mass is 10.0. The molecule has 0 heterocycles. The maximum Gasteiger partial charge on any atom is 0.264 e. The summed E-state index contributed by atoms with van der Waals surface area (Å²) in [5.41, 5.74) is 1.11. The molecule has 1 aromatic rings. The first-order valence-corrected chi connectivity index (χ1v) is 9.30. The van der Waals surface area contributed by atoms with Gasteiger partial charge in [-0.05, 0) is 36.6 Å². The summed E-state index contributed by atoms with van der Waals surface area (Å²) < 4.78 is 31.1. The van der Waals surface area contributed by atoms with Crippen LogP contribution in [0, 0.1) is 5.92 Å². The molecule has 4 nitrogen and oxygen atoms in total. The Labute approximate surface area is 135 Å². The summed E-state index contributed by atoms with van der Waals surface area (Å²) in [5, 5.41) is 3.30. The van der Waals surface area contributed by atoms with Crippen molar-refractivity contribution in [3.05, 3.63) is 40.4 Å². The first-order chi connectivity index (χ1) is 9.78. The van der Waals surface area contributed by atoms with E-state index in [1.807, 2.05) is 30.3 Å². The molecular formula is C15H22BrNO3S. The highest BCUT2D eigenvalue weighted by Gasteiger charge is 2.10. The third kappa shape index (κ3) is 8.36. The Morgan fingerprint density at radius 3 is 2.43 bits per heavy atom. The van der Waals surface area contributed by atoms with Crippen molar-refractivity contribution in [3.8, 4) is 0 Å². The second kappa shape index (κ2) is 8.68. The predicted molar refractivity (Wildman–Crippen MR) is 90.8 cm³/mol. The first-order valence-electron chi connectivity index (χ1n) is 6.90. The largest absolute Gasteiger partial charge is 0.310 e. The highest BCUT2D eigenvalue weighted by molar-refractivity contribution is 9.10. The number of hydrogen-bond donors (Lipinski definition) is 2. The van der Waals surface area contributed by atoms with Gasteiger partial charge in [0, 0.05) is 10.5 Å². The smallest absolute Gasteiger partial charge is 0.264 e. The van der Waals surface area contributed by atoms with E-state index < -0.39 is 10.1 Å². The third-order valence-electron chi connectivity index (χ3n) is 3.04. The van der Waals surface area contributed by atoms with Crippen LogP contribution in [0.4, 0.5) is 0 Å². The first kappa shape index (κ1) is 18.4. The molecule has 0 aliphatic rings. The van der Waals surface area contributed by atoms with Crippen molar-refractivity contribution in [2.45, 2.75) is 26.3 Å². The fourth-order valence-electron chi connectivity index (χ4n) is 1.84. The van der Waals surface area contributed by atoms with Crippen LogP contribution in [-0.2, 0) is 10.1 Å². The summed E-state index contributed by atoms with van der Waals surface area (Å²) in [6, 6.07) is 8.19. The van der Waals surface area contributed by atoms with Crippen LogP contribution in [0.1, 0.15) is 25.8 Å². The van der Waals surface area contributed by atoms with Gasteiger partial charge in [-0.2, -0.15) is 8.42 Å². The van der Waals surface area contributed by atoms with Gasteiger partial charge in [0.2, 0.25) is 0 Å². The van der Waals surface area contributed by atoms with E-state index in [0.717, 1.165) is 10.0 Å². The molecule has 0 fully saturated rings. The van der Waals surface area contributed by atoms with Crippen LogP contribution >= 0.6 is 15.9 Å². The van der Waals surface area contributed by atoms with E-state index in [9.17, 15) is 8.42 Å². The zero-order valence-electron chi connectivity index (χ0n) is 12.3. The van der Waals surface area contributed by atoms with Crippen LogP contribution in [0.15, 0.2) is 34.8 Å². The molecule has 0 saturated carbocycles. The van der Waals surface area contributed by atoms with E-state index in [2.05, 4.69) is 41.2 Å². The van der Waals surface area contributed by atoms with Crippen molar-refractivity contribution in [3.63, 3.8) is 0 Å². The van der Waals surface area contributed by atoms with E-state index in [4.69, 9.17) is 4.55 Å². The van der Waals surface area contributed by atoms with Gasteiger partial charge in [-0.1, -0.05) is 54.1 Å². The average molecular weight is 376 g/mol. The number of halogens is 1. The average Bonchev–Trinajstić information content (AvgIpc) is 2.38. The molecule has 118 valence electrons. The summed E-state index contributed by atoms with van der Waals surface area (Å²) >= 11 is 3.40. The van der Waals surface area contributed by atoms with E-state index in [1.165, 1.54) is 0 Å². The zero-order chi connectivity index (χ0) is 15.9. The van der Waals surface area contributed by atoms with Crippen molar-refractivity contribution < 1.29 is 13.0 Å². The quantitative estimate of drug-likeness (QED) is 0.539. The third-order valence-corrected chi connectivity index (χ3v) is 4.38. The molecule has 0 saturated heterocycles. The number of nitrogens with one attached hydrogen (secondary N) is 1. The van der Waals surface area contributed by atoms with Crippen molar-refractivity contribution in [1.29, 1.82) is 0 Å². The molecule has 2 N–H and O–H groups in total. The van der Waals surface area contributed by atoms with Crippen molar-refractivity contribution in [2.75, 3.05) is 12.3 Å². The minimum atomic E-state index is -3.86. The van der Waals surface area contributed by atoms with Gasteiger partial charge in [0.05, 0.1) is 5.75 Å². The molecule has 0 spiro atoms. The molecule has 0 aliphatic carbocycles. The van der Waals surface area contributed by atoms with Gasteiger partial charge >= 0.3 is 0 Å².